The zero-order valence-corrected chi connectivity index (χ0v) is 16.2. The first kappa shape index (κ1) is 18.2. The molecule has 2 aliphatic rings. The van der Waals surface area contributed by atoms with Gasteiger partial charge in [-0.25, -0.2) is 4.79 Å². The first-order valence-corrected chi connectivity index (χ1v) is 10.3. The van der Waals surface area contributed by atoms with Crippen molar-refractivity contribution in [3.8, 4) is 0 Å². The van der Waals surface area contributed by atoms with Gasteiger partial charge >= 0.3 is 5.69 Å². The SMILES string of the molecule is CCCn1c(N)c(C(=O)CN2CCc3sccc3C2C2CC2)c(=O)[nH]c1=O. The Morgan fingerprint density at radius 2 is 2.15 bits per heavy atom. The molecule has 1 unspecified atom stereocenters. The fourth-order valence-corrected chi connectivity index (χ4v) is 5.02. The summed E-state index contributed by atoms with van der Waals surface area (Å²) in [5.74, 6) is 0.242. The van der Waals surface area contributed by atoms with Crippen LogP contribution in [0, 0.1) is 5.92 Å². The van der Waals surface area contributed by atoms with Crippen LogP contribution >= 0.6 is 11.3 Å². The zero-order chi connectivity index (χ0) is 19.1. The van der Waals surface area contributed by atoms with E-state index in [9.17, 15) is 14.4 Å². The third-order valence-corrected chi connectivity index (χ3v) is 6.50. The molecular formula is C19H24N4O3S. The van der Waals surface area contributed by atoms with Crippen molar-refractivity contribution in [1.82, 2.24) is 14.5 Å². The molecule has 3 heterocycles. The normalized spacial score (nSPS) is 19.8. The molecule has 0 aromatic carbocycles. The first-order valence-electron chi connectivity index (χ1n) is 9.47. The molecule has 0 bridgehead atoms. The van der Waals surface area contributed by atoms with Crippen LogP contribution in [-0.2, 0) is 13.0 Å². The van der Waals surface area contributed by atoms with E-state index < -0.39 is 11.2 Å². The number of thiophene rings is 1. The van der Waals surface area contributed by atoms with Crippen LogP contribution in [0.2, 0.25) is 0 Å². The number of anilines is 1. The number of carbonyl (C=O) groups excluding carboxylic acids is 1. The van der Waals surface area contributed by atoms with E-state index in [-0.39, 0.29) is 29.8 Å². The Morgan fingerprint density at radius 1 is 1.37 bits per heavy atom. The summed E-state index contributed by atoms with van der Waals surface area (Å²) in [6.07, 6.45) is 3.95. The fraction of sp³-hybridized carbons (Fsp3) is 0.526. The molecule has 1 aliphatic heterocycles. The lowest BCUT2D eigenvalue weighted by atomic mass is 9.95. The standard InChI is InChI=1S/C19H24N4O3S/c1-2-7-23-17(20)15(18(25)21-19(23)26)13(24)10-22-8-5-14-12(6-9-27-14)16(22)11-3-4-11/h6,9,11,16H,2-5,7-8,10,20H2,1H3,(H,21,25,26). The van der Waals surface area contributed by atoms with Gasteiger partial charge in [-0.15, -0.1) is 11.3 Å². The van der Waals surface area contributed by atoms with E-state index in [2.05, 4.69) is 21.3 Å². The number of nitrogen functional groups attached to an aromatic ring is 1. The summed E-state index contributed by atoms with van der Waals surface area (Å²) >= 11 is 1.78. The van der Waals surface area contributed by atoms with Gasteiger partial charge in [0.05, 0.1) is 6.54 Å². The predicted octanol–water partition coefficient (Wildman–Crippen LogP) is 1.78. The Kier molecular flexibility index (Phi) is 4.77. The Labute approximate surface area is 160 Å². The van der Waals surface area contributed by atoms with Gasteiger partial charge in [0.1, 0.15) is 11.4 Å². The minimum Gasteiger partial charge on any atom is -0.384 e. The minimum absolute atomic E-state index is 0.0215. The molecule has 0 spiro atoms. The number of fused-ring (bicyclic) bond motifs is 1. The van der Waals surface area contributed by atoms with Crippen LogP contribution < -0.4 is 17.0 Å². The van der Waals surface area contributed by atoms with E-state index in [1.165, 1.54) is 27.8 Å². The minimum atomic E-state index is -0.689. The van der Waals surface area contributed by atoms with Crippen LogP contribution in [0.15, 0.2) is 21.0 Å². The number of rotatable bonds is 6. The number of aromatic amines is 1. The van der Waals surface area contributed by atoms with Crippen LogP contribution in [0.3, 0.4) is 0 Å². The average Bonchev–Trinajstić information content (AvgIpc) is 3.34. The summed E-state index contributed by atoms with van der Waals surface area (Å²) in [6, 6.07) is 2.41. The number of hydrogen-bond donors (Lipinski definition) is 2. The van der Waals surface area contributed by atoms with Gasteiger partial charge in [-0.3, -0.25) is 24.0 Å². The van der Waals surface area contributed by atoms with Gasteiger partial charge in [-0.05, 0) is 48.6 Å². The van der Waals surface area contributed by atoms with Gasteiger partial charge in [-0.2, -0.15) is 0 Å². The van der Waals surface area contributed by atoms with E-state index in [0.29, 0.717) is 18.9 Å². The monoisotopic (exact) mass is 388 g/mol. The summed E-state index contributed by atoms with van der Waals surface area (Å²) in [7, 11) is 0. The van der Waals surface area contributed by atoms with Gasteiger partial charge in [-0.1, -0.05) is 6.92 Å². The smallest absolute Gasteiger partial charge is 0.329 e. The number of nitrogens with two attached hydrogens (primary N) is 1. The first-order chi connectivity index (χ1) is 13.0. The summed E-state index contributed by atoms with van der Waals surface area (Å²) in [4.78, 5) is 43.1. The van der Waals surface area contributed by atoms with E-state index in [0.717, 1.165) is 13.0 Å². The van der Waals surface area contributed by atoms with Crippen LogP contribution in [-0.4, -0.2) is 33.3 Å². The van der Waals surface area contributed by atoms with Crippen molar-refractivity contribution in [2.75, 3.05) is 18.8 Å². The summed E-state index contributed by atoms with van der Waals surface area (Å²) in [5.41, 5.74) is 6.04. The molecule has 8 heteroatoms. The van der Waals surface area contributed by atoms with Crippen LogP contribution in [0.5, 0.6) is 0 Å². The number of H-pyrrole nitrogens is 1. The molecule has 3 N–H and O–H groups in total. The number of Topliss-reactive ketones (excluding diaryl/α,β-unsaturated/α-hetero) is 1. The predicted molar refractivity (Wildman–Crippen MR) is 105 cm³/mol. The van der Waals surface area contributed by atoms with E-state index in [1.54, 1.807) is 11.3 Å². The highest BCUT2D eigenvalue weighted by Crippen LogP contribution is 2.48. The van der Waals surface area contributed by atoms with Gasteiger partial charge in [0.25, 0.3) is 5.56 Å². The topological polar surface area (TPSA) is 101 Å². The zero-order valence-electron chi connectivity index (χ0n) is 15.4. The molecule has 4 rings (SSSR count). The number of nitrogens with zero attached hydrogens (tertiary/aromatic N) is 2. The van der Waals surface area contributed by atoms with Crippen molar-refractivity contribution < 1.29 is 4.79 Å². The molecule has 2 aromatic heterocycles. The molecule has 27 heavy (non-hydrogen) atoms. The molecule has 2 aromatic rings. The Balaban J connectivity index is 1.64. The third kappa shape index (κ3) is 3.27. The molecule has 1 atom stereocenters. The molecule has 7 nitrogen and oxygen atoms in total. The quantitative estimate of drug-likeness (QED) is 0.735. The Hall–Kier alpha value is -2.19. The summed E-state index contributed by atoms with van der Waals surface area (Å²) in [5, 5.41) is 2.12. The van der Waals surface area contributed by atoms with Crippen molar-refractivity contribution in [3.63, 3.8) is 0 Å². The molecule has 144 valence electrons. The highest BCUT2D eigenvalue weighted by Gasteiger charge is 2.40. The third-order valence-electron chi connectivity index (χ3n) is 5.50. The molecule has 1 saturated carbocycles. The molecule has 1 aliphatic carbocycles. The number of aromatic nitrogens is 2. The van der Waals surface area contributed by atoms with Crippen LogP contribution in [0.4, 0.5) is 5.82 Å². The summed E-state index contributed by atoms with van der Waals surface area (Å²) in [6.45, 7) is 3.22. The van der Waals surface area contributed by atoms with Crippen molar-refractivity contribution in [3.05, 3.63) is 48.3 Å². The van der Waals surface area contributed by atoms with Crippen molar-refractivity contribution >= 4 is 22.9 Å². The van der Waals surface area contributed by atoms with Crippen molar-refractivity contribution in [2.45, 2.75) is 45.2 Å². The molecule has 0 radical (unpaired) electrons. The van der Waals surface area contributed by atoms with Crippen molar-refractivity contribution in [2.24, 2.45) is 5.92 Å². The van der Waals surface area contributed by atoms with E-state index in [1.807, 2.05) is 6.92 Å². The lowest BCUT2D eigenvalue weighted by Crippen LogP contribution is -2.42. The Morgan fingerprint density at radius 3 is 2.85 bits per heavy atom. The maximum absolute atomic E-state index is 13.0. The second-order valence-electron chi connectivity index (χ2n) is 7.40. The number of hydrogen-bond acceptors (Lipinski definition) is 6. The summed E-state index contributed by atoms with van der Waals surface area (Å²) < 4.78 is 1.28. The number of ketones is 1. The molecule has 0 saturated heterocycles. The van der Waals surface area contributed by atoms with Crippen LogP contribution in [0.25, 0.3) is 0 Å². The van der Waals surface area contributed by atoms with Gasteiger partial charge < -0.3 is 5.73 Å². The average molecular weight is 388 g/mol. The van der Waals surface area contributed by atoms with Gasteiger partial charge in [0.2, 0.25) is 0 Å². The molecular weight excluding hydrogens is 364 g/mol. The van der Waals surface area contributed by atoms with Gasteiger partial charge in [0, 0.05) is 24.0 Å². The lowest BCUT2D eigenvalue weighted by Gasteiger charge is -2.35. The maximum atomic E-state index is 13.0. The molecule has 0 amide bonds. The number of carbonyl (C=O) groups is 1. The van der Waals surface area contributed by atoms with Crippen LogP contribution in [0.1, 0.15) is 53.0 Å². The number of nitrogens with one attached hydrogen (secondary N) is 1. The second-order valence-corrected chi connectivity index (χ2v) is 8.40. The largest absolute Gasteiger partial charge is 0.384 e. The second kappa shape index (κ2) is 7.09. The maximum Gasteiger partial charge on any atom is 0.329 e. The molecule has 1 fully saturated rings. The van der Waals surface area contributed by atoms with Gasteiger partial charge in [0.15, 0.2) is 5.78 Å². The van der Waals surface area contributed by atoms with Crippen molar-refractivity contribution in [1.29, 1.82) is 0 Å². The van der Waals surface area contributed by atoms with E-state index >= 15 is 0 Å². The fourth-order valence-electron chi connectivity index (χ4n) is 4.11. The highest BCUT2D eigenvalue weighted by atomic mass is 32.1. The Bertz CT molecular complexity index is 986. The highest BCUT2D eigenvalue weighted by molar-refractivity contribution is 7.10. The van der Waals surface area contributed by atoms with E-state index in [4.69, 9.17) is 5.73 Å². The lowest BCUT2D eigenvalue weighted by molar-refractivity contribution is 0.0862.